The second-order valence-electron chi connectivity index (χ2n) is 4.79. The molecule has 1 rings (SSSR count). The van der Waals surface area contributed by atoms with E-state index in [0.717, 1.165) is 6.26 Å². The van der Waals surface area contributed by atoms with Crippen molar-refractivity contribution in [3.8, 4) is 0 Å². The highest BCUT2D eigenvalue weighted by molar-refractivity contribution is 9.10. The van der Waals surface area contributed by atoms with Gasteiger partial charge >= 0.3 is 0 Å². The van der Waals surface area contributed by atoms with Crippen molar-refractivity contribution >= 4 is 43.3 Å². The molecule has 6 nitrogen and oxygen atoms in total. The fourth-order valence-corrected chi connectivity index (χ4v) is 2.65. The number of hydrogen-bond acceptors (Lipinski definition) is 4. The zero-order chi connectivity index (χ0) is 16.9. The molecule has 1 aromatic carbocycles. The minimum absolute atomic E-state index is 0.0529. The smallest absolute Gasteiger partial charge is 0.247 e. The number of carbonyl (C=O) groups is 2. The molecule has 2 N–H and O–H groups in total. The number of halogens is 2. The molecule has 0 bridgehead atoms. The highest BCUT2D eigenvalue weighted by Crippen LogP contribution is 2.19. The molecule has 9 heteroatoms. The van der Waals surface area contributed by atoms with Gasteiger partial charge in [-0.2, -0.15) is 0 Å². The molecule has 0 aliphatic rings. The molecule has 1 atom stereocenters. The molecule has 0 fully saturated rings. The Morgan fingerprint density at radius 3 is 2.50 bits per heavy atom. The Morgan fingerprint density at radius 1 is 1.36 bits per heavy atom. The summed E-state index contributed by atoms with van der Waals surface area (Å²) in [6.45, 7) is 1.21. The molecule has 0 unspecified atom stereocenters. The third-order valence-electron chi connectivity index (χ3n) is 2.66. The summed E-state index contributed by atoms with van der Waals surface area (Å²) in [5, 5.41) is 4.69. The normalized spacial score (nSPS) is 12.5. The van der Waals surface area contributed by atoms with Crippen LogP contribution in [0.15, 0.2) is 22.7 Å². The van der Waals surface area contributed by atoms with E-state index in [1.54, 1.807) is 6.07 Å². The van der Waals surface area contributed by atoms with Gasteiger partial charge in [-0.15, -0.1) is 0 Å². The number of rotatable bonds is 6. The second kappa shape index (κ2) is 7.68. The monoisotopic (exact) mass is 394 g/mol. The molecule has 0 saturated carbocycles. The van der Waals surface area contributed by atoms with Crippen molar-refractivity contribution in [2.75, 3.05) is 17.3 Å². The fraction of sp³-hybridized carbons (Fsp3) is 0.385. The Bertz CT molecular complexity index is 679. The highest BCUT2D eigenvalue weighted by atomic mass is 79.9. The minimum Gasteiger partial charge on any atom is -0.345 e. The number of anilines is 1. The van der Waals surface area contributed by atoms with Gasteiger partial charge in [0.1, 0.15) is 21.7 Å². The van der Waals surface area contributed by atoms with Gasteiger partial charge in [0.05, 0.1) is 11.4 Å². The summed E-state index contributed by atoms with van der Waals surface area (Å²) in [4.78, 5) is 23.2. The van der Waals surface area contributed by atoms with Crippen LogP contribution in [-0.2, 0) is 19.4 Å². The molecule has 0 heterocycles. The lowest BCUT2D eigenvalue weighted by Gasteiger charge is -2.17. The first-order valence-electron chi connectivity index (χ1n) is 6.29. The van der Waals surface area contributed by atoms with Crippen LogP contribution < -0.4 is 10.6 Å². The summed E-state index contributed by atoms with van der Waals surface area (Å²) in [6, 6.07) is 3.02. The van der Waals surface area contributed by atoms with Crippen molar-refractivity contribution < 1.29 is 22.4 Å². The van der Waals surface area contributed by atoms with Crippen LogP contribution >= 0.6 is 15.9 Å². The van der Waals surface area contributed by atoms with Gasteiger partial charge < -0.3 is 10.6 Å². The average Bonchev–Trinajstić information content (AvgIpc) is 2.36. The molecule has 0 aliphatic heterocycles. The Labute approximate surface area is 136 Å². The topological polar surface area (TPSA) is 92.3 Å². The van der Waals surface area contributed by atoms with Crippen LogP contribution in [0.2, 0.25) is 0 Å². The quantitative estimate of drug-likeness (QED) is 0.763. The first-order chi connectivity index (χ1) is 10.1. The molecule has 1 aromatic rings. The van der Waals surface area contributed by atoms with Crippen LogP contribution in [0.3, 0.4) is 0 Å². The Balaban J connectivity index is 2.84. The maximum Gasteiger partial charge on any atom is 0.247 e. The molecule has 0 aliphatic carbocycles. The molecule has 0 radical (unpaired) electrons. The van der Waals surface area contributed by atoms with Gasteiger partial charge in [-0.05, 0) is 24.6 Å². The Kier molecular flexibility index (Phi) is 6.48. The first kappa shape index (κ1) is 18.6. The van der Waals surface area contributed by atoms with Gasteiger partial charge in [-0.25, -0.2) is 12.8 Å². The van der Waals surface area contributed by atoms with Crippen LogP contribution in [0.4, 0.5) is 10.1 Å². The summed E-state index contributed by atoms with van der Waals surface area (Å²) >= 11 is 3.09. The number of sulfone groups is 1. The van der Waals surface area contributed by atoms with Crippen molar-refractivity contribution in [3.05, 3.63) is 28.5 Å². The maximum absolute atomic E-state index is 13.7. The molecule has 2 amide bonds. The Morgan fingerprint density at radius 2 is 2.00 bits per heavy atom. The van der Waals surface area contributed by atoms with Crippen molar-refractivity contribution in [3.63, 3.8) is 0 Å². The number of nitrogens with one attached hydrogen (secondary N) is 2. The predicted octanol–water partition coefficient (Wildman–Crippen LogP) is 1.47. The van der Waals surface area contributed by atoms with E-state index >= 15 is 0 Å². The molecule has 22 heavy (non-hydrogen) atoms. The number of hydrogen-bond donors (Lipinski definition) is 2. The van der Waals surface area contributed by atoms with Crippen LogP contribution in [0, 0.1) is 5.82 Å². The maximum atomic E-state index is 13.7. The number of carbonyl (C=O) groups excluding carboxylic acids is 2. The van der Waals surface area contributed by atoms with E-state index in [9.17, 15) is 22.4 Å². The van der Waals surface area contributed by atoms with Crippen LogP contribution in [0.25, 0.3) is 0 Å². The van der Waals surface area contributed by atoms with Gasteiger partial charge in [0.25, 0.3) is 0 Å². The van der Waals surface area contributed by atoms with E-state index in [4.69, 9.17) is 0 Å². The highest BCUT2D eigenvalue weighted by Gasteiger charge is 2.22. The third kappa shape index (κ3) is 6.52. The van der Waals surface area contributed by atoms with Crippen molar-refractivity contribution in [1.29, 1.82) is 0 Å². The minimum atomic E-state index is -3.29. The van der Waals surface area contributed by atoms with E-state index in [-0.39, 0.29) is 17.9 Å². The lowest BCUT2D eigenvalue weighted by molar-refractivity contribution is -0.125. The standard InChI is InChI=1S/C13H16BrFN2O4S/c1-8(18)16-12(5-6-22(2,20)21)13(19)17-11-4-3-9(14)7-10(11)15/h3-4,7,12H,5-6H2,1-2H3,(H,16,18)(H,17,19)/t12-/m1/s1. The third-order valence-corrected chi connectivity index (χ3v) is 4.13. The summed E-state index contributed by atoms with van der Waals surface area (Å²) in [6.07, 6.45) is 0.937. The van der Waals surface area contributed by atoms with Crippen LogP contribution in [0.5, 0.6) is 0 Å². The van der Waals surface area contributed by atoms with Crippen LogP contribution in [-0.4, -0.2) is 38.3 Å². The molecule has 0 saturated heterocycles. The number of amides is 2. The van der Waals surface area contributed by atoms with E-state index in [1.807, 2.05) is 0 Å². The van der Waals surface area contributed by atoms with Gasteiger partial charge in [-0.3, -0.25) is 9.59 Å². The zero-order valence-electron chi connectivity index (χ0n) is 12.0. The summed E-state index contributed by atoms with van der Waals surface area (Å²) in [7, 11) is -3.29. The van der Waals surface area contributed by atoms with Gasteiger partial charge in [0, 0.05) is 17.7 Å². The second-order valence-corrected chi connectivity index (χ2v) is 7.96. The molecule has 122 valence electrons. The molecular weight excluding hydrogens is 379 g/mol. The zero-order valence-corrected chi connectivity index (χ0v) is 14.4. The van der Waals surface area contributed by atoms with E-state index in [0.29, 0.717) is 4.47 Å². The van der Waals surface area contributed by atoms with E-state index < -0.39 is 33.5 Å². The van der Waals surface area contributed by atoms with Gasteiger partial charge in [-0.1, -0.05) is 15.9 Å². The van der Waals surface area contributed by atoms with E-state index in [1.165, 1.54) is 19.1 Å². The average molecular weight is 395 g/mol. The summed E-state index contributed by atoms with van der Waals surface area (Å²) in [5.74, 6) is -2.08. The van der Waals surface area contributed by atoms with Crippen molar-refractivity contribution in [2.24, 2.45) is 0 Å². The van der Waals surface area contributed by atoms with Crippen molar-refractivity contribution in [1.82, 2.24) is 5.32 Å². The summed E-state index contributed by atoms with van der Waals surface area (Å²) < 4.78 is 36.6. The Hall–Kier alpha value is -1.48. The number of benzene rings is 1. The van der Waals surface area contributed by atoms with E-state index in [2.05, 4.69) is 26.6 Å². The largest absolute Gasteiger partial charge is 0.345 e. The molecule has 0 aromatic heterocycles. The lowest BCUT2D eigenvalue weighted by atomic mass is 10.2. The fourth-order valence-electron chi connectivity index (χ4n) is 1.66. The SMILES string of the molecule is CC(=O)N[C@H](CCS(C)(=O)=O)C(=O)Nc1ccc(Br)cc1F. The lowest BCUT2D eigenvalue weighted by Crippen LogP contribution is -2.44. The first-order valence-corrected chi connectivity index (χ1v) is 9.14. The van der Waals surface area contributed by atoms with Crippen molar-refractivity contribution in [2.45, 2.75) is 19.4 Å². The summed E-state index contributed by atoms with van der Waals surface area (Å²) in [5.41, 5.74) is -0.0529. The van der Waals surface area contributed by atoms with Crippen LogP contribution in [0.1, 0.15) is 13.3 Å². The van der Waals surface area contributed by atoms with Gasteiger partial charge in [0.15, 0.2) is 0 Å². The molecule has 0 spiro atoms. The predicted molar refractivity (Wildman–Crippen MR) is 84.7 cm³/mol. The van der Waals surface area contributed by atoms with Gasteiger partial charge in [0.2, 0.25) is 11.8 Å². The molecular formula is C13H16BrFN2O4S.